The van der Waals surface area contributed by atoms with Crippen molar-refractivity contribution in [2.75, 3.05) is 0 Å². The zero-order valence-electron chi connectivity index (χ0n) is 25.0. The molecule has 0 aromatic rings. The Kier molecular flexibility index (Phi) is 28.7. The Balaban J connectivity index is 3.62. The van der Waals surface area contributed by atoms with E-state index in [1.54, 1.807) is 0 Å². The molecule has 37 heavy (non-hydrogen) atoms. The average Bonchev–Trinajstić information content (AvgIpc) is 2.87. The van der Waals surface area contributed by atoms with Crippen LogP contribution in [0.1, 0.15) is 194 Å². The molecule has 1 N–H and O–H groups in total. The number of carboxylic acids is 1. The van der Waals surface area contributed by atoms with Gasteiger partial charge in [0.25, 0.3) is 0 Å². The SMILES string of the molecule is CCCCCCCCCCCCCCCCCC(=O)OC(CCCCCCCCCCCC)CC(=O)O. The van der Waals surface area contributed by atoms with E-state index >= 15 is 0 Å². The Bertz CT molecular complexity index is 491. The summed E-state index contributed by atoms with van der Waals surface area (Å²) >= 11 is 0. The van der Waals surface area contributed by atoms with Crippen LogP contribution < -0.4 is 0 Å². The van der Waals surface area contributed by atoms with Crippen molar-refractivity contribution in [3.05, 3.63) is 0 Å². The van der Waals surface area contributed by atoms with Gasteiger partial charge in [-0.05, 0) is 19.3 Å². The Labute approximate surface area is 231 Å². The molecule has 0 heterocycles. The van der Waals surface area contributed by atoms with Crippen LogP contribution in [0.15, 0.2) is 0 Å². The topological polar surface area (TPSA) is 63.6 Å². The van der Waals surface area contributed by atoms with Crippen molar-refractivity contribution in [2.45, 2.75) is 200 Å². The molecule has 0 aliphatic rings. The normalized spacial score (nSPS) is 12.1. The first kappa shape index (κ1) is 35.9. The van der Waals surface area contributed by atoms with Crippen LogP contribution in [0.5, 0.6) is 0 Å². The molecule has 0 rings (SSSR count). The summed E-state index contributed by atoms with van der Waals surface area (Å²) in [4.78, 5) is 23.4. The smallest absolute Gasteiger partial charge is 0.307 e. The fourth-order valence-electron chi connectivity index (χ4n) is 5.14. The first-order valence-electron chi connectivity index (χ1n) is 16.5. The lowest BCUT2D eigenvalue weighted by Gasteiger charge is -2.16. The van der Waals surface area contributed by atoms with Crippen LogP contribution in [0.25, 0.3) is 0 Å². The second-order valence-electron chi connectivity index (χ2n) is 11.4. The van der Waals surface area contributed by atoms with Crippen LogP contribution in [0.3, 0.4) is 0 Å². The molecule has 0 aromatic heterocycles. The monoisotopic (exact) mass is 524 g/mol. The quantitative estimate of drug-likeness (QED) is 0.0749. The summed E-state index contributed by atoms with van der Waals surface area (Å²) in [5.41, 5.74) is 0. The van der Waals surface area contributed by atoms with Gasteiger partial charge < -0.3 is 9.84 Å². The molecule has 0 amide bonds. The van der Waals surface area contributed by atoms with Gasteiger partial charge in [0.15, 0.2) is 0 Å². The lowest BCUT2D eigenvalue weighted by molar-refractivity contribution is -0.153. The first-order chi connectivity index (χ1) is 18.1. The molecular formula is C33H64O4. The molecule has 0 aliphatic heterocycles. The van der Waals surface area contributed by atoms with Gasteiger partial charge in [-0.25, -0.2) is 0 Å². The van der Waals surface area contributed by atoms with E-state index in [0.29, 0.717) is 12.8 Å². The van der Waals surface area contributed by atoms with Gasteiger partial charge in [-0.3, -0.25) is 9.59 Å². The minimum absolute atomic E-state index is 0.0674. The number of aliphatic carboxylic acids is 1. The third-order valence-corrected chi connectivity index (χ3v) is 7.56. The van der Waals surface area contributed by atoms with Gasteiger partial charge in [-0.15, -0.1) is 0 Å². The molecule has 0 radical (unpaired) electrons. The fourth-order valence-corrected chi connectivity index (χ4v) is 5.14. The second-order valence-corrected chi connectivity index (χ2v) is 11.4. The third kappa shape index (κ3) is 29.4. The number of unbranched alkanes of at least 4 members (excludes halogenated alkanes) is 23. The van der Waals surface area contributed by atoms with E-state index < -0.39 is 12.1 Å². The van der Waals surface area contributed by atoms with E-state index in [1.807, 2.05) is 0 Å². The predicted octanol–water partition coefficient (Wildman–Crippen LogP) is 10.9. The van der Waals surface area contributed by atoms with Crippen molar-refractivity contribution in [1.82, 2.24) is 0 Å². The molecule has 4 heteroatoms. The van der Waals surface area contributed by atoms with Crippen LogP contribution in [0.4, 0.5) is 0 Å². The molecule has 4 nitrogen and oxygen atoms in total. The highest BCUT2D eigenvalue weighted by molar-refractivity contribution is 5.71. The summed E-state index contributed by atoms with van der Waals surface area (Å²) in [6.07, 6.45) is 32.6. The summed E-state index contributed by atoms with van der Waals surface area (Å²) in [6.45, 7) is 4.52. The summed E-state index contributed by atoms with van der Waals surface area (Å²) in [5, 5.41) is 9.18. The van der Waals surface area contributed by atoms with Crippen LogP contribution in [-0.4, -0.2) is 23.1 Å². The second kappa shape index (κ2) is 29.5. The predicted molar refractivity (Wildman–Crippen MR) is 158 cm³/mol. The highest BCUT2D eigenvalue weighted by Gasteiger charge is 2.17. The van der Waals surface area contributed by atoms with E-state index in [2.05, 4.69) is 13.8 Å². The van der Waals surface area contributed by atoms with Gasteiger partial charge in [0.1, 0.15) is 6.10 Å². The Morgan fingerprint density at radius 3 is 1.19 bits per heavy atom. The molecule has 1 unspecified atom stereocenters. The number of carbonyl (C=O) groups is 2. The number of hydrogen-bond acceptors (Lipinski definition) is 3. The first-order valence-corrected chi connectivity index (χ1v) is 16.5. The molecule has 0 saturated carbocycles. The largest absolute Gasteiger partial charge is 0.481 e. The Morgan fingerprint density at radius 2 is 0.838 bits per heavy atom. The molecule has 0 aliphatic carbocycles. The van der Waals surface area contributed by atoms with Crippen LogP contribution in [0, 0.1) is 0 Å². The summed E-state index contributed by atoms with van der Waals surface area (Å²) in [5.74, 6) is -1.09. The lowest BCUT2D eigenvalue weighted by atomic mass is 10.0. The Morgan fingerprint density at radius 1 is 0.514 bits per heavy atom. The summed E-state index contributed by atoms with van der Waals surface area (Å²) < 4.78 is 5.54. The van der Waals surface area contributed by atoms with Gasteiger partial charge in [-0.1, -0.05) is 162 Å². The minimum atomic E-state index is -0.878. The Hall–Kier alpha value is -1.06. The van der Waals surface area contributed by atoms with Gasteiger partial charge in [-0.2, -0.15) is 0 Å². The number of esters is 1. The van der Waals surface area contributed by atoms with Gasteiger partial charge >= 0.3 is 11.9 Å². The highest BCUT2D eigenvalue weighted by atomic mass is 16.5. The molecule has 0 aromatic carbocycles. The highest BCUT2D eigenvalue weighted by Crippen LogP contribution is 2.17. The van der Waals surface area contributed by atoms with Crippen LogP contribution >= 0.6 is 0 Å². The summed E-state index contributed by atoms with van der Waals surface area (Å²) in [7, 11) is 0. The molecular weight excluding hydrogens is 460 g/mol. The summed E-state index contributed by atoms with van der Waals surface area (Å²) in [6, 6.07) is 0. The number of carbonyl (C=O) groups excluding carboxylic acids is 1. The van der Waals surface area contributed by atoms with Crippen molar-refractivity contribution in [2.24, 2.45) is 0 Å². The number of carboxylic acid groups (broad SMARTS) is 1. The molecule has 0 fully saturated rings. The van der Waals surface area contributed by atoms with Crippen molar-refractivity contribution < 1.29 is 19.4 Å². The minimum Gasteiger partial charge on any atom is -0.481 e. The average molecular weight is 525 g/mol. The van der Waals surface area contributed by atoms with Gasteiger partial charge in [0.2, 0.25) is 0 Å². The zero-order chi connectivity index (χ0) is 27.2. The number of ether oxygens (including phenoxy) is 1. The van der Waals surface area contributed by atoms with Gasteiger partial charge in [0, 0.05) is 6.42 Å². The van der Waals surface area contributed by atoms with Crippen molar-refractivity contribution in [3.63, 3.8) is 0 Å². The zero-order valence-corrected chi connectivity index (χ0v) is 25.0. The van der Waals surface area contributed by atoms with E-state index in [1.165, 1.54) is 135 Å². The van der Waals surface area contributed by atoms with Crippen LogP contribution in [0.2, 0.25) is 0 Å². The standard InChI is InChI=1S/C33H64O4/c1-3-5-7-9-11-13-15-16-17-18-19-21-23-25-27-29-33(36)37-31(30-32(34)35)28-26-24-22-20-14-12-10-8-6-4-2/h31H,3-30H2,1-2H3,(H,34,35). The van der Waals surface area contributed by atoms with Crippen molar-refractivity contribution in [3.8, 4) is 0 Å². The lowest BCUT2D eigenvalue weighted by Crippen LogP contribution is -2.21. The maximum absolute atomic E-state index is 12.2. The molecule has 0 spiro atoms. The number of rotatable bonds is 30. The van der Waals surface area contributed by atoms with Crippen molar-refractivity contribution in [1.29, 1.82) is 0 Å². The molecule has 1 atom stereocenters. The van der Waals surface area contributed by atoms with E-state index in [9.17, 15) is 14.7 Å². The van der Waals surface area contributed by atoms with E-state index in [4.69, 9.17) is 4.74 Å². The van der Waals surface area contributed by atoms with E-state index in [0.717, 1.165) is 25.7 Å². The molecule has 0 saturated heterocycles. The van der Waals surface area contributed by atoms with Gasteiger partial charge in [0.05, 0.1) is 6.42 Å². The number of hydrogen-bond donors (Lipinski definition) is 1. The molecule has 0 bridgehead atoms. The van der Waals surface area contributed by atoms with E-state index in [-0.39, 0.29) is 12.4 Å². The third-order valence-electron chi connectivity index (χ3n) is 7.56. The maximum Gasteiger partial charge on any atom is 0.307 e. The molecule has 220 valence electrons. The fraction of sp³-hybridized carbons (Fsp3) is 0.939. The van der Waals surface area contributed by atoms with Crippen molar-refractivity contribution >= 4 is 11.9 Å². The maximum atomic E-state index is 12.2. The van der Waals surface area contributed by atoms with Crippen LogP contribution in [-0.2, 0) is 14.3 Å².